The Morgan fingerprint density at radius 1 is 0.629 bits per heavy atom. The van der Waals surface area contributed by atoms with E-state index in [0.29, 0.717) is 5.56 Å². The average molecular weight is 461 g/mol. The van der Waals surface area contributed by atoms with Crippen LogP contribution in [-0.4, -0.2) is 15.8 Å². The summed E-state index contributed by atoms with van der Waals surface area (Å²) in [5.41, 5.74) is 2.75. The molecule has 172 valence electrons. The largest absolute Gasteiger partial charge is 0.457 e. The molecule has 5 nitrogen and oxygen atoms in total. The Hall–Kier alpha value is -4.77. The Bertz CT molecular complexity index is 1570. The molecule has 2 aromatic heterocycles. The summed E-state index contributed by atoms with van der Waals surface area (Å²) in [5, 5.41) is 2.05. The van der Waals surface area contributed by atoms with Crippen LogP contribution >= 0.6 is 0 Å². The van der Waals surface area contributed by atoms with Crippen LogP contribution in [0.5, 0.6) is 23.0 Å². The van der Waals surface area contributed by atoms with E-state index < -0.39 is 0 Å². The fraction of sp³-hybridized carbons (Fsp3) is 0.0333. The third-order valence-corrected chi connectivity index (χ3v) is 5.52. The van der Waals surface area contributed by atoms with Gasteiger partial charge in [-0.3, -0.25) is 4.79 Å². The van der Waals surface area contributed by atoms with Gasteiger partial charge in [-0.05, 0) is 73.7 Å². The van der Waals surface area contributed by atoms with Gasteiger partial charge in [-0.25, -0.2) is 0 Å². The molecular weight excluding hydrogens is 436 g/mol. The van der Waals surface area contributed by atoms with Crippen LogP contribution in [0.3, 0.4) is 0 Å². The lowest BCUT2D eigenvalue weighted by Crippen LogP contribution is -1.89. The molecular formula is C30H24N2O3. The number of ether oxygens (including phenoxy) is 2. The van der Waals surface area contributed by atoms with E-state index in [1.165, 1.54) is 0 Å². The van der Waals surface area contributed by atoms with Crippen molar-refractivity contribution in [3.05, 3.63) is 121 Å². The Morgan fingerprint density at radius 3 is 1.86 bits per heavy atom. The molecule has 0 unspecified atom stereocenters. The number of hydrogen-bond acceptors (Lipinski definition) is 3. The van der Waals surface area contributed by atoms with Crippen molar-refractivity contribution < 1.29 is 14.3 Å². The van der Waals surface area contributed by atoms with E-state index in [9.17, 15) is 4.79 Å². The third kappa shape index (κ3) is 5.25. The molecule has 0 fully saturated rings. The van der Waals surface area contributed by atoms with Crippen LogP contribution in [0.2, 0.25) is 0 Å². The zero-order valence-corrected chi connectivity index (χ0v) is 19.2. The van der Waals surface area contributed by atoms with Crippen LogP contribution in [0.25, 0.3) is 21.8 Å². The number of carbonyl (C=O) groups is 1. The topological polar surface area (TPSA) is 67.1 Å². The number of H-pyrrole nitrogens is 2. The van der Waals surface area contributed by atoms with Crippen molar-refractivity contribution in [1.82, 2.24) is 9.97 Å². The highest BCUT2D eigenvalue weighted by Gasteiger charge is 2.09. The number of hydrogen-bond donors (Lipinski definition) is 2. The van der Waals surface area contributed by atoms with E-state index >= 15 is 0 Å². The SMILES string of the molecule is CC(=O)c1c[nH]c2ccc(Oc3ccccc3)cc12.c1ccc(Oc2ccc3[nH]ccc3c2)cc1. The molecule has 2 heterocycles. The maximum atomic E-state index is 11.5. The minimum absolute atomic E-state index is 0.0445. The van der Waals surface area contributed by atoms with Crippen LogP contribution in [0.1, 0.15) is 17.3 Å². The molecule has 0 radical (unpaired) electrons. The van der Waals surface area contributed by atoms with Crippen molar-refractivity contribution in [1.29, 1.82) is 0 Å². The average Bonchev–Trinajstić information content (AvgIpc) is 3.52. The summed E-state index contributed by atoms with van der Waals surface area (Å²) >= 11 is 0. The maximum Gasteiger partial charge on any atom is 0.161 e. The molecule has 35 heavy (non-hydrogen) atoms. The fourth-order valence-electron chi connectivity index (χ4n) is 3.80. The Balaban J connectivity index is 0.000000147. The fourth-order valence-corrected chi connectivity index (χ4v) is 3.80. The number of ketones is 1. The molecule has 0 bridgehead atoms. The second kappa shape index (κ2) is 10.0. The standard InChI is InChI=1S/C16H13NO2.C14H11NO/c1-11(18)15-10-17-16-8-7-13(9-14(15)16)19-12-5-3-2-4-6-12;1-2-4-12(5-3-1)16-13-6-7-14-11(10-13)8-9-15-14/h2-10,17H,1H3;1-10,15H. The number of aromatic amines is 2. The van der Waals surface area contributed by atoms with E-state index in [2.05, 4.69) is 9.97 Å². The molecule has 6 rings (SSSR count). The number of para-hydroxylation sites is 2. The minimum atomic E-state index is 0.0445. The van der Waals surface area contributed by atoms with Crippen LogP contribution in [-0.2, 0) is 0 Å². The van der Waals surface area contributed by atoms with E-state index in [4.69, 9.17) is 9.47 Å². The van der Waals surface area contributed by atoms with E-state index in [-0.39, 0.29) is 5.78 Å². The van der Waals surface area contributed by atoms with Gasteiger partial charge in [-0.1, -0.05) is 36.4 Å². The number of carbonyl (C=O) groups excluding carboxylic acids is 1. The van der Waals surface area contributed by atoms with Gasteiger partial charge in [0.05, 0.1) is 0 Å². The number of rotatable bonds is 5. The second-order valence-electron chi connectivity index (χ2n) is 8.02. The summed E-state index contributed by atoms with van der Waals surface area (Å²) in [7, 11) is 0. The lowest BCUT2D eigenvalue weighted by molar-refractivity contribution is 0.101. The number of Topliss-reactive ketones (excluding diaryl/α,β-unsaturated/α-hetero) is 1. The van der Waals surface area contributed by atoms with Crippen molar-refractivity contribution in [2.75, 3.05) is 0 Å². The molecule has 0 atom stereocenters. The summed E-state index contributed by atoms with van der Waals surface area (Å²) in [5.74, 6) is 3.27. The molecule has 0 aliphatic rings. The smallest absolute Gasteiger partial charge is 0.161 e. The quantitative estimate of drug-likeness (QED) is 0.255. The minimum Gasteiger partial charge on any atom is -0.457 e. The highest BCUT2D eigenvalue weighted by Crippen LogP contribution is 2.28. The first-order chi connectivity index (χ1) is 17.2. The summed E-state index contributed by atoms with van der Waals surface area (Å²) in [6, 6.07) is 33.1. The van der Waals surface area contributed by atoms with Gasteiger partial charge in [-0.2, -0.15) is 0 Å². The van der Waals surface area contributed by atoms with Gasteiger partial charge in [0.15, 0.2) is 5.78 Å². The normalized spacial score (nSPS) is 10.5. The molecule has 0 aliphatic carbocycles. The maximum absolute atomic E-state index is 11.5. The molecule has 6 aromatic rings. The lowest BCUT2D eigenvalue weighted by Gasteiger charge is -2.05. The van der Waals surface area contributed by atoms with Gasteiger partial charge >= 0.3 is 0 Å². The Morgan fingerprint density at radius 2 is 1.23 bits per heavy atom. The summed E-state index contributed by atoms with van der Waals surface area (Å²) in [6.45, 7) is 1.56. The van der Waals surface area contributed by atoms with Gasteiger partial charge in [0, 0.05) is 39.8 Å². The van der Waals surface area contributed by atoms with Gasteiger partial charge in [0.2, 0.25) is 0 Å². The summed E-state index contributed by atoms with van der Waals surface area (Å²) < 4.78 is 11.5. The zero-order chi connectivity index (χ0) is 24.0. The monoisotopic (exact) mass is 460 g/mol. The predicted octanol–water partition coefficient (Wildman–Crippen LogP) is 8.12. The van der Waals surface area contributed by atoms with Crippen molar-refractivity contribution in [2.24, 2.45) is 0 Å². The Labute approximate surface area is 203 Å². The van der Waals surface area contributed by atoms with Crippen LogP contribution in [0, 0.1) is 0 Å². The van der Waals surface area contributed by atoms with Crippen LogP contribution in [0.4, 0.5) is 0 Å². The highest BCUT2D eigenvalue weighted by atomic mass is 16.5. The molecule has 0 saturated carbocycles. The molecule has 5 heteroatoms. The van der Waals surface area contributed by atoms with E-state index in [0.717, 1.165) is 44.8 Å². The second-order valence-corrected chi connectivity index (χ2v) is 8.02. The first-order valence-electron chi connectivity index (χ1n) is 11.3. The molecule has 0 saturated heterocycles. The van der Waals surface area contributed by atoms with E-state index in [1.807, 2.05) is 109 Å². The Kier molecular flexibility index (Phi) is 6.31. The van der Waals surface area contributed by atoms with Gasteiger partial charge in [0.25, 0.3) is 0 Å². The molecule has 0 amide bonds. The zero-order valence-electron chi connectivity index (χ0n) is 19.2. The van der Waals surface area contributed by atoms with Gasteiger partial charge in [0.1, 0.15) is 23.0 Å². The molecule has 0 spiro atoms. The summed E-state index contributed by atoms with van der Waals surface area (Å²) in [6.07, 6.45) is 3.66. The number of benzene rings is 4. The van der Waals surface area contributed by atoms with Gasteiger partial charge in [-0.15, -0.1) is 0 Å². The van der Waals surface area contributed by atoms with Crippen molar-refractivity contribution >= 4 is 27.6 Å². The highest BCUT2D eigenvalue weighted by molar-refractivity contribution is 6.07. The third-order valence-electron chi connectivity index (χ3n) is 5.52. The summed E-state index contributed by atoms with van der Waals surface area (Å²) in [4.78, 5) is 17.8. The lowest BCUT2D eigenvalue weighted by atomic mass is 10.1. The van der Waals surface area contributed by atoms with Gasteiger partial charge < -0.3 is 19.4 Å². The molecule has 0 aliphatic heterocycles. The number of aromatic nitrogens is 2. The number of fused-ring (bicyclic) bond motifs is 2. The first-order valence-corrected chi connectivity index (χ1v) is 11.3. The predicted molar refractivity (Wildman–Crippen MR) is 140 cm³/mol. The van der Waals surface area contributed by atoms with Crippen LogP contribution < -0.4 is 9.47 Å². The van der Waals surface area contributed by atoms with E-state index in [1.54, 1.807) is 13.1 Å². The number of nitrogens with one attached hydrogen (secondary N) is 2. The first kappa shape index (κ1) is 22.0. The molecule has 2 N–H and O–H groups in total. The van der Waals surface area contributed by atoms with Crippen molar-refractivity contribution in [3.8, 4) is 23.0 Å². The van der Waals surface area contributed by atoms with Crippen LogP contribution in [0.15, 0.2) is 116 Å². The molecule has 4 aromatic carbocycles. The van der Waals surface area contributed by atoms with Crippen molar-refractivity contribution in [3.63, 3.8) is 0 Å². The van der Waals surface area contributed by atoms with Crippen molar-refractivity contribution in [2.45, 2.75) is 6.92 Å².